The lowest BCUT2D eigenvalue weighted by Gasteiger charge is -2.39. The molecule has 7 nitrogen and oxygen atoms in total. The SMILES string of the molecule is O=C(N[C@]1(c2ccc(OC(F)(F)F)c(F)c2)CCOc2cccnc21)c1ccc(C(=O)O)c(Cl)c1. The van der Waals surface area contributed by atoms with Crippen molar-refractivity contribution in [2.24, 2.45) is 0 Å². The number of aromatic carboxylic acids is 1. The third kappa shape index (κ3) is 4.85. The number of pyridine rings is 1. The van der Waals surface area contributed by atoms with Crippen molar-refractivity contribution in [1.29, 1.82) is 0 Å². The molecule has 3 aromatic rings. The van der Waals surface area contributed by atoms with Crippen molar-refractivity contribution in [2.75, 3.05) is 6.61 Å². The highest BCUT2D eigenvalue weighted by atomic mass is 35.5. The van der Waals surface area contributed by atoms with Gasteiger partial charge in [-0.15, -0.1) is 13.2 Å². The summed E-state index contributed by atoms with van der Waals surface area (Å²) in [6.45, 7) is 0.0695. The van der Waals surface area contributed by atoms with Crippen LogP contribution in [0.3, 0.4) is 0 Å². The minimum Gasteiger partial charge on any atom is -0.491 e. The summed E-state index contributed by atoms with van der Waals surface area (Å²) in [7, 11) is 0. The molecule has 0 spiro atoms. The van der Waals surface area contributed by atoms with Gasteiger partial charge in [-0.1, -0.05) is 17.7 Å². The van der Waals surface area contributed by atoms with E-state index in [0.29, 0.717) is 0 Å². The number of amides is 1. The van der Waals surface area contributed by atoms with E-state index in [1.807, 2.05) is 0 Å². The van der Waals surface area contributed by atoms with Crippen LogP contribution < -0.4 is 14.8 Å². The monoisotopic (exact) mass is 510 g/mol. The standard InChI is InChI=1S/C23H15ClF4N2O5/c24-15-10-12(3-5-14(15)21(32)33)20(31)30-22(7-9-34-18-2-1-8-29-19(18)22)13-4-6-17(16(25)11-13)35-23(26,27)28/h1-6,8,10-11H,7,9H2,(H,30,31)(H,32,33)/t22-/m0/s1. The Morgan fingerprint density at radius 3 is 2.60 bits per heavy atom. The van der Waals surface area contributed by atoms with Crippen LogP contribution in [0.5, 0.6) is 11.5 Å². The highest BCUT2D eigenvalue weighted by molar-refractivity contribution is 6.33. The lowest BCUT2D eigenvalue weighted by Crippen LogP contribution is -2.50. The Morgan fingerprint density at radius 1 is 1.17 bits per heavy atom. The van der Waals surface area contributed by atoms with Crippen LogP contribution in [0.2, 0.25) is 5.02 Å². The van der Waals surface area contributed by atoms with Gasteiger partial charge >= 0.3 is 12.3 Å². The highest BCUT2D eigenvalue weighted by Gasteiger charge is 2.43. The number of benzene rings is 2. The quantitative estimate of drug-likeness (QED) is 0.473. The van der Waals surface area contributed by atoms with Crippen molar-refractivity contribution < 1.29 is 41.7 Å². The van der Waals surface area contributed by atoms with E-state index in [1.165, 1.54) is 18.3 Å². The van der Waals surface area contributed by atoms with E-state index in [9.17, 15) is 27.2 Å². The largest absolute Gasteiger partial charge is 0.573 e. The molecule has 1 amide bonds. The van der Waals surface area contributed by atoms with E-state index < -0.39 is 35.3 Å². The molecule has 1 aliphatic heterocycles. The average Bonchev–Trinajstić information content (AvgIpc) is 2.79. The predicted octanol–water partition coefficient (Wildman–Crippen LogP) is 4.93. The van der Waals surface area contributed by atoms with E-state index in [0.717, 1.165) is 24.3 Å². The lowest BCUT2D eigenvalue weighted by molar-refractivity contribution is -0.275. The fourth-order valence-corrected chi connectivity index (χ4v) is 4.07. The number of alkyl halides is 3. The molecular formula is C23H15ClF4N2O5. The molecular weight excluding hydrogens is 496 g/mol. The Hall–Kier alpha value is -3.86. The smallest absolute Gasteiger partial charge is 0.491 e. The van der Waals surface area contributed by atoms with Gasteiger partial charge in [0.05, 0.1) is 17.2 Å². The van der Waals surface area contributed by atoms with Crippen molar-refractivity contribution in [1.82, 2.24) is 10.3 Å². The second-order valence-electron chi connectivity index (χ2n) is 7.50. The van der Waals surface area contributed by atoms with Gasteiger partial charge in [0.15, 0.2) is 11.6 Å². The number of nitrogens with zero attached hydrogens (tertiary/aromatic N) is 1. The second kappa shape index (κ2) is 9.06. The maximum atomic E-state index is 14.7. The molecule has 4 rings (SSSR count). The van der Waals surface area contributed by atoms with Crippen molar-refractivity contribution in [3.63, 3.8) is 0 Å². The Kier molecular flexibility index (Phi) is 6.28. The van der Waals surface area contributed by atoms with E-state index in [2.05, 4.69) is 15.0 Å². The Balaban J connectivity index is 1.79. The van der Waals surface area contributed by atoms with Crippen LogP contribution in [0.15, 0.2) is 54.7 Å². The molecule has 1 atom stereocenters. The van der Waals surface area contributed by atoms with Gasteiger partial charge in [0.1, 0.15) is 17.0 Å². The van der Waals surface area contributed by atoms with Gasteiger partial charge in [-0.3, -0.25) is 9.78 Å². The van der Waals surface area contributed by atoms with Crippen LogP contribution in [0.4, 0.5) is 17.6 Å². The third-order valence-corrected chi connectivity index (χ3v) is 5.66. The van der Waals surface area contributed by atoms with Gasteiger partial charge in [-0.05, 0) is 48.0 Å². The summed E-state index contributed by atoms with van der Waals surface area (Å²) in [5.41, 5.74) is -1.41. The number of hydrogen-bond acceptors (Lipinski definition) is 5. The maximum Gasteiger partial charge on any atom is 0.573 e. The molecule has 12 heteroatoms. The number of carbonyl (C=O) groups excluding carboxylic acids is 1. The van der Waals surface area contributed by atoms with Crippen LogP contribution in [0.25, 0.3) is 0 Å². The first kappa shape index (κ1) is 24.3. The van der Waals surface area contributed by atoms with Crippen molar-refractivity contribution >= 4 is 23.5 Å². The molecule has 35 heavy (non-hydrogen) atoms. The molecule has 0 saturated carbocycles. The molecule has 2 aromatic carbocycles. The van der Waals surface area contributed by atoms with Crippen LogP contribution in [0, 0.1) is 5.82 Å². The van der Waals surface area contributed by atoms with Gasteiger partial charge in [0, 0.05) is 18.2 Å². The van der Waals surface area contributed by atoms with Gasteiger partial charge in [0.2, 0.25) is 0 Å². The second-order valence-corrected chi connectivity index (χ2v) is 7.91. The van der Waals surface area contributed by atoms with Gasteiger partial charge in [-0.25, -0.2) is 9.18 Å². The molecule has 0 saturated heterocycles. The first-order valence-corrected chi connectivity index (χ1v) is 10.4. The summed E-state index contributed by atoms with van der Waals surface area (Å²) in [4.78, 5) is 28.7. The van der Waals surface area contributed by atoms with Crippen molar-refractivity contribution in [3.8, 4) is 11.5 Å². The zero-order valence-corrected chi connectivity index (χ0v) is 18.3. The number of carboxylic acids is 1. The zero-order chi connectivity index (χ0) is 25.4. The normalized spacial score (nSPS) is 17.2. The number of rotatable bonds is 5. The summed E-state index contributed by atoms with van der Waals surface area (Å²) in [6.07, 6.45) is -3.62. The summed E-state index contributed by atoms with van der Waals surface area (Å²) in [6, 6.07) is 9.56. The summed E-state index contributed by atoms with van der Waals surface area (Å²) in [5.74, 6) is -4.04. The summed E-state index contributed by atoms with van der Waals surface area (Å²) in [5, 5.41) is 11.7. The number of fused-ring (bicyclic) bond motifs is 1. The van der Waals surface area contributed by atoms with Gasteiger partial charge < -0.3 is 19.9 Å². The van der Waals surface area contributed by atoms with E-state index >= 15 is 0 Å². The molecule has 182 valence electrons. The predicted molar refractivity (Wildman–Crippen MR) is 114 cm³/mol. The number of hydrogen-bond donors (Lipinski definition) is 2. The average molecular weight is 511 g/mol. The molecule has 1 aromatic heterocycles. The number of aromatic nitrogens is 1. The number of nitrogens with one attached hydrogen (secondary N) is 1. The fraction of sp³-hybridized carbons (Fsp3) is 0.174. The van der Waals surface area contributed by atoms with Crippen LogP contribution in [0.1, 0.15) is 38.4 Å². The molecule has 0 aliphatic carbocycles. The molecule has 2 N–H and O–H groups in total. The number of carboxylic acid groups (broad SMARTS) is 1. The number of ether oxygens (including phenoxy) is 2. The summed E-state index contributed by atoms with van der Waals surface area (Å²) < 4.78 is 61.8. The first-order chi connectivity index (χ1) is 16.5. The van der Waals surface area contributed by atoms with E-state index in [-0.39, 0.29) is 46.2 Å². The van der Waals surface area contributed by atoms with Crippen molar-refractivity contribution in [2.45, 2.75) is 18.3 Å². The topological polar surface area (TPSA) is 97.8 Å². The van der Waals surface area contributed by atoms with Crippen LogP contribution >= 0.6 is 11.6 Å². The molecule has 0 radical (unpaired) electrons. The minimum absolute atomic E-state index is 0.000782. The number of carbonyl (C=O) groups is 2. The molecule has 0 bridgehead atoms. The first-order valence-electron chi connectivity index (χ1n) is 9.99. The number of halogens is 5. The van der Waals surface area contributed by atoms with Crippen molar-refractivity contribution in [3.05, 3.63) is 88.0 Å². The van der Waals surface area contributed by atoms with E-state index in [4.69, 9.17) is 21.4 Å². The molecule has 0 fully saturated rings. The Labute approximate surface area is 200 Å². The van der Waals surface area contributed by atoms with E-state index in [1.54, 1.807) is 12.1 Å². The third-order valence-electron chi connectivity index (χ3n) is 5.35. The molecule has 0 unspecified atom stereocenters. The van der Waals surface area contributed by atoms with Crippen LogP contribution in [-0.2, 0) is 5.54 Å². The fourth-order valence-electron chi connectivity index (χ4n) is 3.80. The Bertz CT molecular complexity index is 1320. The molecule has 2 heterocycles. The maximum absolute atomic E-state index is 14.7. The minimum atomic E-state index is -5.09. The highest BCUT2D eigenvalue weighted by Crippen LogP contribution is 2.42. The van der Waals surface area contributed by atoms with Gasteiger partial charge in [-0.2, -0.15) is 0 Å². The zero-order valence-electron chi connectivity index (χ0n) is 17.5. The van der Waals surface area contributed by atoms with Crippen LogP contribution in [-0.4, -0.2) is 34.9 Å². The summed E-state index contributed by atoms with van der Waals surface area (Å²) >= 11 is 5.99. The van der Waals surface area contributed by atoms with Gasteiger partial charge in [0.25, 0.3) is 5.91 Å². The lowest BCUT2D eigenvalue weighted by atomic mass is 9.81. The molecule has 1 aliphatic rings. The Morgan fingerprint density at radius 2 is 1.94 bits per heavy atom.